The fraction of sp³-hybridized carbons (Fsp3) is 0.385. The van der Waals surface area contributed by atoms with Gasteiger partial charge in [0.15, 0.2) is 11.5 Å². The molecule has 3 N–H and O–H groups in total. The van der Waals surface area contributed by atoms with Crippen molar-refractivity contribution >= 4 is 17.7 Å². The van der Waals surface area contributed by atoms with E-state index in [0.29, 0.717) is 17.2 Å². The molecule has 0 radical (unpaired) electrons. The molecule has 0 heterocycles. The Kier molecular flexibility index (Phi) is 5.64. The number of hydrogen-bond donors (Lipinski definition) is 3. The lowest BCUT2D eigenvalue weighted by Crippen LogP contribution is -2.37. The number of carboxylic acids is 1. The molecule has 0 aromatic heterocycles. The molecule has 0 bridgehead atoms. The molecule has 20 heavy (non-hydrogen) atoms. The third kappa shape index (κ3) is 4.68. The molecule has 0 saturated heterocycles. The third-order valence-corrected chi connectivity index (χ3v) is 2.50. The molecule has 0 fully saturated rings. The van der Waals surface area contributed by atoms with Crippen molar-refractivity contribution in [2.75, 3.05) is 19.5 Å². The summed E-state index contributed by atoms with van der Waals surface area (Å²) >= 11 is 0. The number of nitrogens with one attached hydrogen (secondary N) is 2. The van der Waals surface area contributed by atoms with E-state index in [0.717, 1.165) is 0 Å². The van der Waals surface area contributed by atoms with Gasteiger partial charge in [-0.15, -0.1) is 0 Å². The van der Waals surface area contributed by atoms with Crippen LogP contribution < -0.4 is 20.1 Å². The highest BCUT2D eigenvalue weighted by Gasteiger charge is 2.12. The largest absolute Gasteiger partial charge is 0.493 e. The summed E-state index contributed by atoms with van der Waals surface area (Å²) in [5, 5.41) is 13.7. The average Bonchev–Trinajstić information content (AvgIpc) is 2.37. The van der Waals surface area contributed by atoms with E-state index in [9.17, 15) is 9.59 Å². The molecular weight excluding hydrogens is 264 g/mol. The first-order valence-electron chi connectivity index (χ1n) is 5.97. The summed E-state index contributed by atoms with van der Waals surface area (Å²) in [7, 11) is 3.02. The predicted octanol–water partition coefficient (Wildman–Crippen LogP) is 1.69. The number of hydrogen-bond acceptors (Lipinski definition) is 4. The minimum Gasteiger partial charge on any atom is -0.493 e. The van der Waals surface area contributed by atoms with E-state index in [1.165, 1.54) is 14.2 Å². The van der Waals surface area contributed by atoms with E-state index in [1.54, 1.807) is 25.1 Å². The number of anilines is 1. The van der Waals surface area contributed by atoms with E-state index in [2.05, 4.69) is 10.6 Å². The maximum atomic E-state index is 11.7. The van der Waals surface area contributed by atoms with E-state index >= 15 is 0 Å². The fourth-order valence-corrected chi connectivity index (χ4v) is 1.62. The zero-order valence-corrected chi connectivity index (χ0v) is 11.6. The van der Waals surface area contributed by atoms with Crippen LogP contribution in [0.4, 0.5) is 10.5 Å². The van der Waals surface area contributed by atoms with Gasteiger partial charge in [-0.1, -0.05) is 0 Å². The SMILES string of the molecule is COc1ccc(NC(=O)NC(C)CC(=O)O)cc1OC. The lowest BCUT2D eigenvalue weighted by Gasteiger charge is -2.14. The summed E-state index contributed by atoms with van der Waals surface area (Å²) in [5.41, 5.74) is 0.516. The smallest absolute Gasteiger partial charge is 0.319 e. The first-order chi connectivity index (χ1) is 9.46. The molecule has 7 nitrogen and oxygen atoms in total. The van der Waals surface area contributed by atoms with Crippen molar-refractivity contribution in [3.63, 3.8) is 0 Å². The van der Waals surface area contributed by atoms with Gasteiger partial charge >= 0.3 is 12.0 Å². The van der Waals surface area contributed by atoms with Crippen molar-refractivity contribution in [2.45, 2.75) is 19.4 Å². The minimum absolute atomic E-state index is 0.140. The van der Waals surface area contributed by atoms with Crippen LogP contribution in [0.5, 0.6) is 11.5 Å². The average molecular weight is 282 g/mol. The van der Waals surface area contributed by atoms with Gasteiger partial charge in [0.2, 0.25) is 0 Å². The lowest BCUT2D eigenvalue weighted by atomic mass is 10.2. The maximum Gasteiger partial charge on any atom is 0.319 e. The van der Waals surface area contributed by atoms with Crippen LogP contribution in [-0.4, -0.2) is 37.4 Å². The van der Waals surface area contributed by atoms with E-state index in [4.69, 9.17) is 14.6 Å². The summed E-state index contributed by atoms with van der Waals surface area (Å²) in [4.78, 5) is 22.2. The van der Waals surface area contributed by atoms with Crippen LogP contribution in [0.15, 0.2) is 18.2 Å². The van der Waals surface area contributed by atoms with Crippen molar-refractivity contribution in [1.29, 1.82) is 0 Å². The maximum absolute atomic E-state index is 11.7. The van der Waals surface area contributed by atoms with E-state index in [-0.39, 0.29) is 6.42 Å². The number of ether oxygens (including phenoxy) is 2. The van der Waals surface area contributed by atoms with Gasteiger partial charge in [-0.2, -0.15) is 0 Å². The van der Waals surface area contributed by atoms with Crippen LogP contribution in [-0.2, 0) is 4.79 Å². The molecule has 1 rings (SSSR count). The van der Waals surface area contributed by atoms with Crippen molar-refractivity contribution in [2.24, 2.45) is 0 Å². The zero-order valence-electron chi connectivity index (χ0n) is 11.6. The number of carbonyl (C=O) groups is 2. The van der Waals surface area contributed by atoms with Gasteiger partial charge < -0.3 is 25.2 Å². The molecule has 0 saturated carbocycles. The van der Waals surface area contributed by atoms with Crippen molar-refractivity contribution in [3.8, 4) is 11.5 Å². The molecule has 0 spiro atoms. The molecule has 2 amide bonds. The zero-order chi connectivity index (χ0) is 15.1. The summed E-state index contributed by atoms with van der Waals surface area (Å²) < 4.78 is 10.2. The van der Waals surface area contributed by atoms with E-state index < -0.39 is 18.0 Å². The summed E-state index contributed by atoms with van der Waals surface area (Å²) in [5.74, 6) is 0.0745. The Labute approximate surface area is 116 Å². The van der Waals surface area contributed by atoms with Gasteiger partial charge in [-0.05, 0) is 19.1 Å². The number of aliphatic carboxylic acids is 1. The van der Waals surface area contributed by atoms with Gasteiger partial charge in [0.1, 0.15) is 0 Å². The topological polar surface area (TPSA) is 96.9 Å². The van der Waals surface area contributed by atoms with Gasteiger partial charge in [-0.3, -0.25) is 4.79 Å². The van der Waals surface area contributed by atoms with E-state index in [1.807, 2.05) is 0 Å². The van der Waals surface area contributed by atoms with Gasteiger partial charge in [-0.25, -0.2) is 4.79 Å². The third-order valence-electron chi connectivity index (χ3n) is 2.50. The Hall–Kier alpha value is -2.44. The Balaban J connectivity index is 2.64. The Morgan fingerprint density at radius 3 is 2.45 bits per heavy atom. The van der Waals surface area contributed by atoms with Crippen LogP contribution in [0.25, 0.3) is 0 Å². The number of carbonyl (C=O) groups excluding carboxylic acids is 1. The highest BCUT2D eigenvalue weighted by Crippen LogP contribution is 2.29. The van der Waals surface area contributed by atoms with Crippen LogP contribution in [0.1, 0.15) is 13.3 Å². The van der Waals surface area contributed by atoms with Crippen LogP contribution in [0.2, 0.25) is 0 Å². The molecule has 110 valence electrons. The second kappa shape index (κ2) is 7.22. The highest BCUT2D eigenvalue weighted by atomic mass is 16.5. The number of amides is 2. The molecule has 1 aromatic carbocycles. The second-order valence-corrected chi connectivity index (χ2v) is 4.17. The highest BCUT2D eigenvalue weighted by molar-refractivity contribution is 5.90. The Morgan fingerprint density at radius 2 is 1.90 bits per heavy atom. The monoisotopic (exact) mass is 282 g/mol. The van der Waals surface area contributed by atoms with Crippen LogP contribution >= 0.6 is 0 Å². The predicted molar refractivity (Wildman–Crippen MR) is 73.4 cm³/mol. The quantitative estimate of drug-likeness (QED) is 0.737. The van der Waals surface area contributed by atoms with Crippen molar-refractivity contribution in [1.82, 2.24) is 5.32 Å². The van der Waals surface area contributed by atoms with Crippen LogP contribution in [0, 0.1) is 0 Å². The van der Waals surface area contributed by atoms with Crippen molar-refractivity contribution in [3.05, 3.63) is 18.2 Å². The molecular formula is C13H18N2O5. The fourth-order valence-electron chi connectivity index (χ4n) is 1.62. The number of methoxy groups -OCH3 is 2. The van der Waals surface area contributed by atoms with Crippen molar-refractivity contribution < 1.29 is 24.2 Å². The molecule has 0 aliphatic heterocycles. The normalized spacial score (nSPS) is 11.3. The molecule has 7 heteroatoms. The number of rotatable bonds is 6. The van der Waals surface area contributed by atoms with Gasteiger partial charge in [0.25, 0.3) is 0 Å². The Bertz CT molecular complexity index is 490. The summed E-state index contributed by atoms with van der Waals surface area (Å²) in [6, 6.07) is 3.98. The molecule has 0 aliphatic carbocycles. The molecule has 0 aliphatic rings. The van der Waals surface area contributed by atoms with Gasteiger partial charge in [0.05, 0.1) is 20.6 Å². The minimum atomic E-state index is -0.969. The molecule has 1 atom stereocenters. The summed E-state index contributed by atoms with van der Waals surface area (Å²) in [6.45, 7) is 1.61. The first kappa shape index (κ1) is 15.6. The molecule has 1 unspecified atom stereocenters. The number of carboxylic acid groups (broad SMARTS) is 1. The van der Waals surface area contributed by atoms with Gasteiger partial charge in [0, 0.05) is 17.8 Å². The Morgan fingerprint density at radius 1 is 1.25 bits per heavy atom. The summed E-state index contributed by atoms with van der Waals surface area (Å²) in [6.07, 6.45) is -0.140. The number of benzene rings is 1. The lowest BCUT2D eigenvalue weighted by molar-refractivity contribution is -0.137. The molecule has 1 aromatic rings. The number of urea groups is 1. The first-order valence-corrected chi connectivity index (χ1v) is 5.97. The second-order valence-electron chi connectivity index (χ2n) is 4.17. The standard InChI is InChI=1S/C13H18N2O5/c1-8(6-12(16)17)14-13(18)15-9-4-5-10(19-2)11(7-9)20-3/h4-5,7-8H,6H2,1-3H3,(H,16,17)(H2,14,15,18). The van der Waals surface area contributed by atoms with Crippen LogP contribution in [0.3, 0.4) is 0 Å².